The second-order valence-corrected chi connectivity index (χ2v) is 8.91. The number of halogens is 2. The molecule has 0 aliphatic carbocycles. The second-order valence-electron chi connectivity index (χ2n) is 7.88. The lowest BCUT2D eigenvalue weighted by Crippen LogP contribution is -2.34. The minimum absolute atomic E-state index is 0.0345. The van der Waals surface area contributed by atoms with Crippen LogP contribution in [0.1, 0.15) is 36.7 Å². The first kappa shape index (κ1) is 25.3. The third-order valence-electron chi connectivity index (χ3n) is 4.13. The second kappa shape index (κ2) is 11.1. The maximum Gasteiger partial charge on any atom is 0.321 e. The molecule has 2 aromatic rings. The number of carboxylic acids is 1. The predicted octanol–water partition coefficient (Wildman–Crippen LogP) is 4.50. The molecule has 0 aromatic heterocycles. The molecule has 0 saturated heterocycles. The molecule has 1 atom stereocenters. The van der Waals surface area contributed by atoms with Crippen LogP contribution in [0.2, 0.25) is 0 Å². The van der Waals surface area contributed by atoms with Crippen molar-refractivity contribution >= 4 is 29.5 Å². The zero-order valence-electron chi connectivity index (χ0n) is 17.9. The van der Waals surface area contributed by atoms with Gasteiger partial charge in [0.2, 0.25) is 0 Å². The van der Waals surface area contributed by atoms with Crippen LogP contribution in [0.15, 0.2) is 42.5 Å². The first-order valence-electron chi connectivity index (χ1n) is 9.70. The Balaban J connectivity index is 1.88. The summed E-state index contributed by atoms with van der Waals surface area (Å²) < 4.78 is 37.8. The topological polar surface area (TPSA) is 89.9 Å². The number of carbonyl (C=O) groups excluding carboxylic acids is 2. The molecule has 0 spiro atoms. The predicted molar refractivity (Wildman–Crippen MR) is 116 cm³/mol. The van der Waals surface area contributed by atoms with E-state index >= 15 is 0 Å². The third-order valence-corrected chi connectivity index (χ3v) is 5.16. The fourth-order valence-corrected chi connectivity index (χ4v) is 3.51. The Kier molecular flexibility index (Phi) is 8.77. The normalized spacial score (nSPS) is 12.2. The molecule has 0 amide bonds. The Morgan fingerprint density at radius 2 is 1.62 bits per heavy atom. The molecule has 0 saturated carbocycles. The molecule has 32 heavy (non-hydrogen) atoms. The molecule has 0 fully saturated rings. The van der Waals surface area contributed by atoms with E-state index in [4.69, 9.17) is 9.47 Å². The van der Waals surface area contributed by atoms with E-state index in [1.54, 1.807) is 20.8 Å². The maximum atomic E-state index is 13.6. The highest BCUT2D eigenvalue weighted by Crippen LogP contribution is 2.20. The van der Waals surface area contributed by atoms with Gasteiger partial charge >= 0.3 is 11.9 Å². The Morgan fingerprint density at radius 1 is 1.03 bits per heavy atom. The van der Waals surface area contributed by atoms with Crippen molar-refractivity contribution in [3.63, 3.8) is 0 Å². The number of aliphatic carboxylic acids is 1. The molecule has 0 aliphatic rings. The lowest BCUT2D eigenvalue weighted by atomic mass is 10.1. The number of rotatable bonds is 10. The number of hydrogen-bond acceptors (Lipinski definition) is 6. The van der Waals surface area contributed by atoms with Crippen molar-refractivity contribution in [2.24, 2.45) is 5.92 Å². The Labute approximate surface area is 188 Å². The molecule has 172 valence electrons. The van der Waals surface area contributed by atoms with Gasteiger partial charge < -0.3 is 14.6 Å². The number of carboxylic acid groups (broad SMARTS) is 1. The van der Waals surface area contributed by atoms with Crippen LogP contribution in [-0.4, -0.2) is 39.9 Å². The number of ether oxygens (including phenoxy) is 2. The molecule has 1 N–H and O–H groups in total. The van der Waals surface area contributed by atoms with Gasteiger partial charge in [-0.25, -0.2) is 8.78 Å². The van der Waals surface area contributed by atoms with E-state index in [2.05, 4.69) is 0 Å². The van der Waals surface area contributed by atoms with Gasteiger partial charge in [-0.2, -0.15) is 11.8 Å². The van der Waals surface area contributed by atoms with Gasteiger partial charge in [0.25, 0.3) is 0 Å². The minimum atomic E-state index is -1.37. The summed E-state index contributed by atoms with van der Waals surface area (Å²) in [7, 11) is 0. The van der Waals surface area contributed by atoms with E-state index in [9.17, 15) is 28.3 Å². The van der Waals surface area contributed by atoms with Crippen LogP contribution in [0.4, 0.5) is 8.78 Å². The maximum absolute atomic E-state index is 13.6. The van der Waals surface area contributed by atoms with Crippen LogP contribution in [0, 0.1) is 17.6 Å². The lowest BCUT2D eigenvalue weighted by Gasteiger charge is -2.22. The summed E-state index contributed by atoms with van der Waals surface area (Å²) in [5.74, 6) is -5.03. The van der Waals surface area contributed by atoms with Crippen molar-refractivity contribution in [3.8, 4) is 5.75 Å². The molecule has 0 radical (unpaired) electrons. The third kappa shape index (κ3) is 7.64. The van der Waals surface area contributed by atoms with Gasteiger partial charge in [-0.3, -0.25) is 14.4 Å². The van der Waals surface area contributed by atoms with Crippen molar-refractivity contribution in [1.82, 2.24) is 0 Å². The number of ketones is 1. The summed E-state index contributed by atoms with van der Waals surface area (Å²) in [6.07, 6.45) is 0. The summed E-state index contributed by atoms with van der Waals surface area (Å²) in [4.78, 5) is 35.7. The van der Waals surface area contributed by atoms with E-state index < -0.39 is 35.1 Å². The highest BCUT2D eigenvalue weighted by molar-refractivity contribution is 8.00. The van der Waals surface area contributed by atoms with Gasteiger partial charge in [-0.15, -0.1) is 0 Å². The average molecular weight is 467 g/mol. The van der Waals surface area contributed by atoms with Gasteiger partial charge in [0.1, 0.15) is 29.6 Å². The summed E-state index contributed by atoms with van der Waals surface area (Å²) >= 11 is 1.02. The summed E-state index contributed by atoms with van der Waals surface area (Å²) in [5.41, 5.74) is -0.652. The van der Waals surface area contributed by atoms with E-state index in [-0.39, 0.29) is 29.5 Å². The fourth-order valence-electron chi connectivity index (χ4n) is 2.53. The van der Waals surface area contributed by atoms with Crippen molar-refractivity contribution in [1.29, 1.82) is 0 Å². The summed E-state index contributed by atoms with van der Waals surface area (Å²) in [6, 6.07) is 9.53. The monoisotopic (exact) mass is 466 g/mol. The van der Waals surface area contributed by atoms with Crippen molar-refractivity contribution < 1.29 is 37.7 Å². The molecular formula is C23H24F2O6S. The van der Waals surface area contributed by atoms with E-state index in [0.717, 1.165) is 23.9 Å². The molecule has 0 aliphatic heterocycles. The number of carbonyl (C=O) groups is 3. The zero-order chi connectivity index (χ0) is 23.9. The average Bonchev–Trinajstić information content (AvgIpc) is 2.69. The Bertz CT molecular complexity index is 949. The van der Waals surface area contributed by atoms with E-state index in [1.807, 2.05) is 0 Å². The first-order chi connectivity index (χ1) is 15.0. The summed E-state index contributed by atoms with van der Waals surface area (Å²) in [5, 5.41) is 9.26. The quantitative estimate of drug-likeness (QED) is 0.313. The van der Waals surface area contributed by atoms with Crippen molar-refractivity contribution in [2.45, 2.75) is 33.0 Å². The van der Waals surface area contributed by atoms with Crippen LogP contribution in [0.25, 0.3) is 0 Å². The van der Waals surface area contributed by atoms with E-state index in [1.165, 1.54) is 30.3 Å². The van der Waals surface area contributed by atoms with Crippen LogP contribution >= 0.6 is 11.8 Å². The standard InChI is InChI=1S/C23H24F2O6S/c1-23(2,3)31-22(29)17(21(27)28)12-32-13-20(26)14-7-9-15(10-8-14)30-11-16-18(24)5-4-6-19(16)25/h4-10,17H,11-13H2,1-3H3,(H,27,28). The van der Waals surface area contributed by atoms with Gasteiger partial charge in [-0.1, -0.05) is 6.07 Å². The lowest BCUT2D eigenvalue weighted by molar-refractivity contribution is -0.165. The molecule has 1 unspecified atom stereocenters. The fraction of sp³-hybridized carbons (Fsp3) is 0.348. The number of benzene rings is 2. The Hall–Kier alpha value is -2.94. The van der Waals surface area contributed by atoms with Crippen LogP contribution in [-0.2, 0) is 20.9 Å². The summed E-state index contributed by atoms with van der Waals surface area (Å²) in [6.45, 7) is 4.62. The molecule has 6 nitrogen and oxygen atoms in total. The minimum Gasteiger partial charge on any atom is -0.489 e. The first-order valence-corrected chi connectivity index (χ1v) is 10.9. The van der Waals surface area contributed by atoms with Gasteiger partial charge in [-0.05, 0) is 57.2 Å². The van der Waals surface area contributed by atoms with Crippen LogP contribution in [0.5, 0.6) is 5.75 Å². The molecule has 2 aromatic carbocycles. The zero-order valence-corrected chi connectivity index (χ0v) is 18.7. The van der Waals surface area contributed by atoms with Crippen molar-refractivity contribution in [3.05, 3.63) is 65.2 Å². The SMILES string of the molecule is CC(C)(C)OC(=O)C(CSCC(=O)c1ccc(OCc2c(F)cccc2F)cc1)C(=O)O. The van der Waals surface area contributed by atoms with Crippen LogP contribution < -0.4 is 4.74 Å². The molecule has 0 bridgehead atoms. The highest BCUT2D eigenvalue weighted by atomic mass is 32.2. The van der Waals surface area contributed by atoms with E-state index in [0.29, 0.717) is 11.3 Å². The highest BCUT2D eigenvalue weighted by Gasteiger charge is 2.31. The van der Waals surface area contributed by atoms with Crippen LogP contribution in [0.3, 0.4) is 0 Å². The van der Waals surface area contributed by atoms with Crippen molar-refractivity contribution in [2.75, 3.05) is 11.5 Å². The van der Waals surface area contributed by atoms with Gasteiger partial charge in [0.15, 0.2) is 11.7 Å². The van der Waals surface area contributed by atoms with Gasteiger partial charge in [0.05, 0.1) is 11.3 Å². The molecule has 2 rings (SSSR count). The largest absolute Gasteiger partial charge is 0.489 e. The molecular weight excluding hydrogens is 442 g/mol. The number of Topliss-reactive ketones (excluding diaryl/α,β-unsaturated/α-hetero) is 1. The number of esters is 1. The molecule has 9 heteroatoms. The number of hydrogen-bond donors (Lipinski definition) is 1. The molecule has 0 heterocycles. The van der Waals surface area contributed by atoms with Gasteiger partial charge in [0, 0.05) is 11.3 Å². The smallest absolute Gasteiger partial charge is 0.321 e. The number of thioether (sulfide) groups is 1. The Morgan fingerprint density at radius 3 is 2.16 bits per heavy atom.